The zero-order valence-corrected chi connectivity index (χ0v) is 11.8. The fraction of sp³-hybridized carbons (Fsp3) is 0.294. The Balaban J connectivity index is 1.72. The van der Waals surface area contributed by atoms with Gasteiger partial charge in [0.25, 0.3) is 0 Å². The van der Waals surface area contributed by atoms with E-state index in [-0.39, 0.29) is 0 Å². The van der Waals surface area contributed by atoms with E-state index in [9.17, 15) is 0 Å². The van der Waals surface area contributed by atoms with Crippen LogP contribution in [-0.2, 0) is 0 Å². The van der Waals surface area contributed by atoms with Crippen LogP contribution >= 0.6 is 0 Å². The summed E-state index contributed by atoms with van der Waals surface area (Å²) in [6.07, 6.45) is 1.18. The summed E-state index contributed by atoms with van der Waals surface area (Å²) >= 11 is 0. The molecular formula is C17H20N2O. The molecular weight excluding hydrogens is 248 g/mol. The fourth-order valence-electron chi connectivity index (χ4n) is 2.87. The lowest BCUT2D eigenvalue weighted by Crippen LogP contribution is -2.18. The van der Waals surface area contributed by atoms with E-state index < -0.39 is 0 Å². The van der Waals surface area contributed by atoms with E-state index in [0.717, 1.165) is 24.5 Å². The Morgan fingerprint density at radius 1 is 1.15 bits per heavy atom. The molecule has 1 unspecified atom stereocenters. The van der Waals surface area contributed by atoms with Gasteiger partial charge in [-0.2, -0.15) is 0 Å². The van der Waals surface area contributed by atoms with Crippen molar-refractivity contribution in [3.8, 4) is 5.75 Å². The molecule has 1 atom stereocenters. The van der Waals surface area contributed by atoms with Crippen LogP contribution in [0.1, 0.15) is 17.9 Å². The molecule has 2 N–H and O–H groups in total. The first kappa shape index (κ1) is 12.9. The first-order valence-corrected chi connectivity index (χ1v) is 7.01. The van der Waals surface area contributed by atoms with Crippen molar-refractivity contribution in [1.29, 1.82) is 0 Å². The average Bonchev–Trinajstić information content (AvgIpc) is 2.97. The molecule has 2 aromatic rings. The Morgan fingerprint density at radius 2 is 1.95 bits per heavy atom. The lowest BCUT2D eigenvalue weighted by Gasteiger charge is -2.19. The molecule has 0 aromatic heterocycles. The Kier molecular flexibility index (Phi) is 3.50. The second kappa shape index (κ2) is 5.45. The Labute approximate surface area is 120 Å². The monoisotopic (exact) mass is 268 g/mol. The normalized spacial score (nSPS) is 18.2. The Morgan fingerprint density at radius 3 is 2.65 bits per heavy atom. The summed E-state index contributed by atoms with van der Waals surface area (Å²) in [6.45, 7) is 2.14. The van der Waals surface area contributed by atoms with Gasteiger partial charge in [0.05, 0.1) is 7.11 Å². The second-order valence-electron chi connectivity index (χ2n) is 5.30. The first-order valence-electron chi connectivity index (χ1n) is 7.01. The maximum atomic E-state index is 5.88. The van der Waals surface area contributed by atoms with Gasteiger partial charge >= 0.3 is 0 Å². The van der Waals surface area contributed by atoms with E-state index in [1.165, 1.54) is 17.7 Å². The number of hydrogen-bond acceptors (Lipinski definition) is 3. The molecule has 3 nitrogen and oxygen atoms in total. The first-order chi connectivity index (χ1) is 9.76. The highest BCUT2D eigenvalue weighted by Crippen LogP contribution is 2.32. The highest BCUT2D eigenvalue weighted by atomic mass is 16.5. The fourth-order valence-corrected chi connectivity index (χ4v) is 2.87. The minimum Gasteiger partial charge on any atom is -0.497 e. The third kappa shape index (κ3) is 2.57. The number of anilines is 2. The van der Waals surface area contributed by atoms with E-state index in [4.69, 9.17) is 10.5 Å². The van der Waals surface area contributed by atoms with Crippen LogP contribution in [0.25, 0.3) is 0 Å². The van der Waals surface area contributed by atoms with E-state index in [0.29, 0.717) is 5.92 Å². The van der Waals surface area contributed by atoms with Gasteiger partial charge in [0.15, 0.2) is 0 Å². The van der Waals surface area contributed by atoms with Crippen LogP contribution < -0.4 is 15.4 Å². The van der Waals surface area contributed by atoms with Crippen molar-refractivity contribution in [2.24, 2.45) is 0 Å². The molecule has 3 heteroatoms. The quantitative estimate of drug-likeness (QED) is 0.868. The largest absolute Gasteiger partial charge is 0.497 e. The summed E-state index contributed by atoms with van der Waals surface area (Å²) in [4.78, 5) is 2.42. The van der Waals surface area contributed by atoms with Crippen LogP contribution in [-0.4, -0.2) is 20.2 Å². The zero-order valence-electron chi connectivity index (χ0n) is 11.8. The van der Waals surface area contributed by atoms with Gasteiger partial charge in [-0.3, -0.25) is 0 Å². The van der Waals surface area contributed by atoms with Crippen molar-refractivity contribution < 1.29 is 4.74 Å². The molecule has 1 saturated heterocycles. The third-order valence-electron chi connectivity index (χ3n) is 4.01. The number of ether oxygens (including phenoxy) is 1. The van der Waals surface area contributed by atoms with E-state index in [2.05, 4.69) is 29.2 Å². The molecule has 20 heavy (non-hydrogen) atoms. The number of nitrogen functional groups attached to an aromatic ring is 1. The topological polar surface area (TPSA) is 38.5 Å². The van der Waals surface area contributed by atoms with Crippen molar-refractivity contribution in [3.63, 3.8) is 0 Å². The van der Waals surface area contributed by atoms with Crippen molar-refractivity contribution in [2.45, 2.75) is 12.3 Å². The average molecular weight is 268 g/mol. The van der Waals surface area contributed by atoms with Gasteiger partial charge in [-0.25, -0.2) is 0 Å². The van der Waals surface area contributed by atoms with Crippen LogP contribution in [0, 0.1) is 0 Å². The van der Waals surface area contributed by atoms with Gasteiger partial charge in [-0.05, 0) is 48.4 Å². The van der Waals surface area contributed by atoms with Gasteiger partial charge in [0, 0.05) is 30.4 Å². The van der Waals surface area contributed by atoms with Crippen molar-refractivity contribution >= 4 is 11.4 Å². The zero-order chi connectivity index (χ0) is 13.9. The smallest absolute Gasteiger partial charge is 0.119 e. The predicted octanol–water partition coefficient (Wildman–Crippen LogP) is 3.27. The van der Waals surface area contributed by atoms with Gasteiger partial charge in [0.1, 0.15) is 5.75 Å². The molecule has 0 bridgehead atoms. The summed E-state index contributed by atoms with van der Waals surface area (Å²) < 4.78 is 5.20. The molecule has 0 spiro atoms. The molecule has 0 radical (unpaired) electrons. The SMILES string of the molecule is COc1ccc(N2CCC(c3cccc(N)c3)C2)cc1. The van der Waals surface area contributed by atoms with Crippen molar-refractivity contribution in [3.05, 3.63) is 54.1 Å². The molecule has 1 aliphatic heterocycles. The number of nitrogens with two attached hydrogens (primary N) is 1. The highest BCUT2D eigenvalue weighted by molar-refractivity contribution is 5.51. The molecule has 3 rings (SSSR count). The predicted molar refractivity (Wildman–Crippen MR) is 83.4 cm³/mol. The lowest BCUT2D eigenvalue weighted by atomic mass is 9.98. The van der Waals surface area contributed by atoms with Crippen LogP contribution in [0.15, 0.2) is 48.5 Å². The summed E-state index contributed by atoms with van der Waals surface area (Å²) in [5.41, 5.74) is 9.34. The molecule has 1 heterocycles. The number of benzene rings is 2. The molecule has 2 aromatic carbocycles. The summed E-state index contributed by atoms with van der Waals surface area (Å²) in [5.74, 6) is 1.47. The maximum Gasteiger partial charge on any atom is 0.119 e. The molecule has 1 fully saturated rings. The molecule has 0 amide bonds. The summed E-state index contributed by atoms with van der Waals surface area (Å²) in [5, 5.41) is 0. The van der Waals surface area contributed by atoms with Gasteiger partial charge in [-0.1, -0.05) is 12.1 Å². The molecule has 104 valence electrons. The number of methoxy groups -OCH3 is 1. The molecule has 0 saturated carbocycles. The van der Waals surface area contributed by atoms with Crippen molar-refractivity contribution in [1.82, 2.24) is 0 Å². The number of rotatable bonds is 3. The van der Waals surface area contributed by atoms with Crippen LogP contribution in [0.5, 0.6) is 5.75 Å². The van der Waals surface area contributed by atoms with Crippen LogP contribution in [0.2, 0.25) is 0 Å². The molecule has 1 aliphatic rings. The summed E-state index contributed by atoms with van der Waals surface area (Å²) in [7, 11) is 1.70. The Bertz CT molecular complexity index is 580. The van der Waals surface area contributed by atoms with Crippen LogP contribution in [0.3, 0.4) is 0 Å². The summed E-state index contributed by atoms with van der Waals surface area (Å²) in [6, 6.07) is 16.6. The van der Waals surface area contributed by atoms with E-state index >= 15 is 0 Å². The second-order valence-corrected chi connectivity index (χ2v) is 5.30. The minimum atomic E-state index is 0.570. The van der Waals surface area contributed by atoms with E-state index in [1.54, 1.807) is 7.11 Å². The van der Waals surface area contributed by atoms with Crippen molar-refractivity contribution in [2.75, 3.05) is 30.8 Å². The third-order valence-corrected chi connectivity index (χ3v) is 4.01. The molecule has 0 aliphatic carbocycles. The van der Waals surface area contributed by atoms with E-state index in [1.807, 2.05) is 24.3 Å². The standard InChI is InChI=1S/C17H20N2O/c1-20-17-7-5-16(6-8-17)19-10-9-14(12-19)13-3-2-4-15(18)11-13/h2-8,11,14H,9-10,12,18H2,1H3. The highest BCUT2D eigenvalue weighted by Gasteiger charge is 2.24. The van der Waals surface area contributed by atoms with Gasteiger partial charge in [-0.15, -0.1) is 0 Å². The lowest BCUT2D eigenvalue weighted by molar-refractivity contribution is 0.415. The maximum absolute atomic E-state index is 5.88. The van der Waals surface area contributed by atoms with Crippen LogP contribution in [0.4, 0.5) is 11.4 Å². The minimum absolute atomic E-state index is 0.570. The number of hydrogen-bond donors (Lipinski definition) is 1. The number of nitrogens with zero attached hydrogens (tertiary/aromatic N) is 1. The van der Waals surface area contributed by atoms with Gasteiger partial charge < -0.3 is 15.4 Å². The van der Waals surface area contributed by atoms with Gasteiger partial charge in [0.2, 0.25) is 0 Å². The Hall–Kier alpha value is -2.16.